The van der Waals surface area contributed by atoms with E-state index in [1.807, 2.05) is 6.92 Å². The summed E-state index contributed by atoms with van der Waals surface area (Å²) < 4.78 is 0. The summed E-state index contributed by atoms with van der Waals surface area (Å²) in [6.45, 7) is 3.41. The van der Waals surface area contributed by atoms with E-state index >= 15 is 0 Å². The molecule has 1 heterocycles. The lowest BCUT2D eigenvalue weighted by molar-refractivity contribution is -0.137. The van der Waals surface area contributed by atoms with Gasteiger partial charge >= 0.3 is 0 Å². The summed E-state index contributed by atoms with van der Waals surface area (Å²) in [5.41, 5.74) is -0.391. The lowest BCUT2D eigenvalue weighted by Gasteiger charge is -2.31. The summed E-state index contributed by atoms with van der Waals surface area (Å²) in [7, 11) is 3.37. The van der Waals surface area contributed by atoms with Gasteiger partial charge in [0, 0.05) is 27.1 Å². The minimum Gasteiger partial charge on any atom is -0.359 e. The van der Waals surface area contributed by atoms with E-state index in [2.05, 4.69) is 10.6 Å². The summed E-state index contributed by atoms with van der Waals surface area (Å²) >= 11 is 0. The Morgan fingerprint density at radius 1 is 1.44 bits per heavy atom. The van der Waals surface area contributed by atoms with Gasteiger partial charge in [0.15, 0.2) is 0 Å². The second-order valence-electron chi connectivity index (χ2n) is 4.62. The highest BCUT2D eigenvalue weighted by molar-refractivity contribution is 5.87. The van der Waals surface area contributed by atoms with Gasteiger partial charge < -0.3 is 15.5 Å². The highest BCUT2D eigenvalue weighted by Gasteiger charge is 2.40. The Hall–Kier alpha value is -0.810. The zero-order valence-corrected chi connectivity index (χ0v) is 12.2. The van der Waals surface area contributed by atoms with E-state index in [0.717, 1.165) is 25.8 Å². The number of hydrogen-bond acceptors (Lipinski definition) is 3. The molecule has 1 aliphatic rings. The highest BCUT2D eigenvalue weighted by Crippen LogP contribution is 2.25. The Morgan fingerprint density at radius 3 is 2.56 bits per heavy atom. The van der Waals surface area contributed by atoms with E-state index in [0.29, 0.717) is 13.0 Å². The lowest BCUT2D eigenvalue weighted by atomic mass is 9.92. The predicted molar refractivity (Wildman–Crippen MR) is 73.8 cm³/mol. The first-order valence-electron chi connectivity index (χ1n) is 6.27. The van der Waals surface area contributed by atoms with E-state index in [1.54, 1.807) is 19.0 Å². The zero-order chi connectivity index (χ0) is 12.9. The lowest BCUT2D eigenvalue weighted by Crippen LogP contribution is -2.53. The van der Waals surface area contributed by atoms with Crippen LogP contribution in [-0.2, 0) is 9.59 Å². The number of carbonyl (C=O) groups excluding carboxylic acids is 2. The van der Waals surface area contributed by atoms with Gasteiger partial charge in [0.05, 0.1) is 5.54 Å². The maximum Gasteiger partial charge on any atom is 0.242 e. The Balaban J connectivity index is 0.00000289. The van der Waals surface area contributed by atoms with Crippen LogP contribution in [0, 0.1) is 0 Å². The van der Waals surface area contributed by atoms with Gasteiger partial charge in [-0.2, -0.15) is 0 Å². The smallest absolute Gasteiger partial charge is 0.242 e. The molecule has 1 aliphatic heterocycles. The first-order valence-corrected chi connectivity index (χ1v) is 6.27. The molecule has 2 amide bonds. The molecular weight excluding hydrogens is 254 g/mol. The van der Waals surface area contributed by atoms with Crippen LogP contribution in [0.5, 0.6) is 0 Å². The molecule has 0 saturated carbocycles. The third kappa shape index (κ3) is 3.85. The van der Waals surface area contributed by atoms with E-state index < -0.39 is 5.54 Å². The van der Waals surface area contributed by atoms with Gasteiger partial charge in [0.2, 0.25) is 11.8 Å². The molecule has 2 N–H and O–H groups in total. The molecule has 1 rings (SSSR count). The Morgan fingerprint density at radius 2 is 2.11 bits per heavy atom. The van der Waals surface area contributed by atoms with Crippen molar-refractivity contribution in [1.82, 2.24) is 15.5 Å². The molecule has 5 nitrogen and oxygen atoms in total. The molecule has 1 fully saturated rings. The summed E-state index contributed by atoms with van der Waals surface area (Å²) in [5, 5.41) is 5.87. The number of nitrogens with zero attached hydrogens (tertiary/aromatic N) is 1. The van der Waals surface area contributed by atoms with Gasteiger partial charge in [-0.25, -0.2) is 0 Å². The molecule has 0 radical (unpaired) electrons. The predicted octanol–water partition coefficient (Wildman–Crippen LogP) is 0.535. The van der Waals surface area contributed by atoms with Crippen LogP contribution in [0.2, 0.25) is 0 Å². The van der Waals surface area contributed by atoms with Crippen LogP contribution in [0.4, 0.5) is 0 Å². The van der Waals surface area contributed by atoms with E-state index in [1.165, 1.54) is 0 Å². The minimum atomic E-state index is -0.391. The maximum atomic E-state index is 12.3. The standard InChI is InChI=1S/C12H23N3O2.ClH/c1-4-12(7-5-8-14-12)11(17)15(3)9-6-10(16)13-2;/h14H,4-9H2,1-3H3,(H,13,16);1H. The summed E-state index contributed by atoms with van der Waals surface area (Å²) in [5.74, 6) is 0.0796. The topological polar surface area (TPSA) is 61.4 Å². The van der Waals surface area contributed by atoms with Gasteiger partial charge in [0.1, 0.15) is 0 Å². The summed E-state index contributed by atoms with van der Waals surface area (Å²) in [4.78, 5) is 25.1. The van der Waals surface area contributed by atoms with Crippen molar-refractivity contribution in [2.75, 3.05) is 27.2 Å². The molecule has 1 atom stereocenters. The molecule has 6 heteroatoms. The summed E-state index contributed by atoms with van der Waals surface area (Å²) in [6, 6.07) is 0. The number of hydrogen-bond donors (Lipinski definition) is 2. The third-order valence-corrected chi connectivity index (χ3v) is 3.56. The van der Waals surface area contributed by atoms with Gasteiger partial charge in [-0.1, -0.05) is 6.92 Å². The number of likely N-dealkylation sites (N-methyl/N-ethyl adjacent to an activating group) is 1. The van der Waals surface area contributed by atoms with Crippen LogP contribution in [-0.4, -0.2) is 49.4 Å². The minimum absolute atomic E-state index is 0. The van der Waals surface area contributed by atoms with Crippen LogP contribution in [0.15, 0.2) is 0 Å². The molecular formula is C12H24ClN3O2. The largest absolute Gasteiger partial charge is 0.359 e. The zero-order valence-electron chi connectivity index (χ0n) is 11.4. The van der Waals surface area contributed by atoms with Crippen molar-refractivity contribution in [3.8, 4) is 0 Å². The van der Waals surface area contributed by atoms with Crippen molar-refractivity contribution in [3.63, 3.8) is 0 Å². The van der Waals surface area contributed by atoms with E-state index in [9.17, 15) is 9.59 Å². The van der Waals surface area contributed by atoms with Crippen molar-refractivity contribution in [1.29, 1.82) is 0 Å². The highest BCUT2D eigenvalue weighted by atomic mass is 35.5. The molecule has 0 aromatic rings. The molecule has 1 unspecified atom stereocenters. The van der Waals surface area contributed by atoms with Crippen molar-refractivity contribution in [2.45, 2.75) is 38.1 Å². The van der Waals surface area contributed by atoms with Gasteiger partial charge in [-0.15, -0.1) is 12.4 Å². The van der Waals surface area contributed by atoms with Crippen molar-refractivity contribution >= 4 is 24.2 Å². The average molecular weight is 278 g/mol. The first-order chi connectivity index (χ1) is 8.05. The van der Waals surface area contributed by atoms with Crippen molar-refractivity contribution in [3.05, 3.63) is 0 Å². The number of rotatable bonds is 5. The van der Waals surface area contributed by atoms with Crippen LogP contribution in [0.3, 0.4) is 0 Å². The number of nitrogens with one attached hydrogen (secondary N) is 2. The second-order valence-corrected chi connectivity index (χ2v) is 4.62. The normalized spacial score (nSPS) is 22.2. The van der Waals surface area contributed by atoms with Crippen LogP contribution in [0.25, 0.3) is 0 Å². The quantitative estimate of drug-likeness (QED) is 0.771. The molecule has 0 bridgehead atoms. The van der Waals surface area contributed by atoms with E-state index in [4.69, 9.17) is 0 Å². The average Bonchev–Trinajstić information content (AvgIpc) is 2.84. The van der Waals surface area contributed by atoms with E-state index in [-0.39, 0.29) is 24.2 Å². The van der Waals surface area contributed by atoms with Gasteiger partial charge in [0.25, 0.3) is 0 Å². The fourth-order valence-corrected chi connectivity index (χ4v) is 2.30. The van der Waals surface area contributed by atoms with Gasteiger partial charge in [-0.3, -0.25) is 9.59 Å². The van der Waals surface area contributed by atoms with Crippen molar-refractivity contribution < 1.29 is 9.59 Å². The molecule has 0 spiro atoms. The number of halogens is 1. The summed E-state index contributed by atoms with van der Waals surface area (Å²) in [6.07, 6.45) is 3.10. The van der Waals surface area contributed by atoms with Crippen LogP contribution >= 0.6 is 12.4 Å². The Bertz CT molecular complexity index is 291. The Labute approximate surface area is 115 Å². The Kier molecular flexibility index (Phi) is 7.25. The van der Waals surface area contributed by atoms with Gasteiger partial charge in [-0.05, 0) is 25.8 Å². The SMILES string of the molecule is CCC1(C(=O)N(C)CCC(=O)NC)CCCN1.Cl. The second kappa shape index (κ2) is 7.59. The van der Waals surface area contributed by atoms with Crippen LogP contribution in [0.1, 0.15) is 32.6 Å². The molecule has 0 aliphatic carbocycles. The molecule has 0 aromatic carbocycles. The fraction of sp³-hybridized carbons (Fsp3) is 0.833. The molecule has 1 saturated heterocycles. The van der Waals surface area contributed by atoms with Crippen LogP contribution < -0.4 is 10.6 Å². The molecule has 0 aromatic heterocycles. The third-order valence-electron chi connectivity index (χ3n) is 3.56. The first kappa shape index (κ1) is 17.2. The number of amides is 2. The van der Waals surface area contributed by atoms with Crippen molar-refractivity contribution in [2.24, 2.45) is 0 Å². The molecule has 18 heavy (non-hydrogen) atoms. The monoisotopic (exact) mass is 277 g/mol. The number of carbonyl (C=O) groups is 2. The maximum absolute atomic E-state index is 12.3. The molecule has 106 valence electrons. The fourth-order valence-electron chi connectivity index (χ4n) is 2.30.